The van der Waals surface area contributed by atoms with Gasteiger partial charge in [0.25, 0.3) is 10.1 Å². The molecule has 0 fully saturated rings. The van der Waals surface area contributed by atoms with Crippen LogP contribution in [0.2, 0.25) is 0 Å². The first-order valence-electron chi connectivity index (χ1n) is 10.5. The number of para-hydroxylation sites is 1. The van der Waals surface area contributed by atoms with Gasteiger partial charge in [-0.25, -0.2) is 0 Å². The first-order valence-corrected chi connectivity index (χ1v) is 11.9. The number of benzene rings is 2. The molecule has 0 saturated heterocycles. The van der Waals surface area contributed by atoms with Crippen molar-refractivity contribution in [2.75, 3.05) is 0 Å². The van der Waals surface area contributed by atoms with E-state index in [4.69, 9.17) is 4.74 Å². The Hall–Kier alpha value is -0.414. The molecule has 1 N–H and O–H groups in total. The molecule has 2 aromatic rings. The fourth-order valence-electron chi connectivity index (χ4n) is 3.43. The van der Waals surface area contributed by atoms with Gasteiger partial charge in [-0.1, -0.05) is 82.6 Å². The van der Waals surface area contributed by atoms with E-state index in [2.05, 4.69) is 6.92 Å². The van der Waals surface area contributed by atoms with E-state index in [1.54, 1.807) is 30.3 Å². The topological polar surface area (TPSA) is 86.7 Å². The first kappa shape index (κ1) is 27.6. The number of unbranched alkanes of at least 4 members (excludes halogenated alkanes) is 8. The van der Waals surface area contributed by atoms with E-state index in [1.807, 2.05) is 0 Å². The minimum Gasteiger partial charge on any atom is -0.872 e. The molecule has 7 heteroatoms. The molecule has 0 spiro atoms. The summed E-state index contributed by atoms with van der Waals surface area (Å²) in [6.07, 6.45) is 10.7. The molecule has 0 unspecified atom stereocenters. The summed E-state index contributed by atoms with van der Waals surface area (Å²) in [5.41, 5.74) is 0.314. The zero-order valence-corrected chi connectivity index (χ0v) is 22.0. The van der Waals surface area contributed by atoms with Gasteiger partial charge in [0, 0.05) is 0 Å². The molecule has 0 heterocycles. The molecule has 0 saturated carbocycles. The van der Waals surface area contributed by atoms with Gasteiger partial charge >= 0.3 is 51.4 Å². The molecular weight excluding hydrogens is 427 g/mol. The second-order valence-electron chi connectivity index (χ2n) is 7.38. The maximum Gasteiger partial charge on any atom is 1.00 e. The standard InChI is InChI=1S/C23H32O5S.K/c1-2-3-4-5-6-7-8-9-11-14-19-17-20(24)18-22(23(19)29(25,26)27)28-21-15-12-10-13-16-21;/h10,12-13,15-18,24H,2-9,11,14H2,1H3,(H,25,26,27);/q;+1/p-1. The molecule has 0 aliphatic heterocycles. The molecule has 5 nitrogen and oxygen atoms in total. The van der Waals surface area contributed by atoms with E-state index in [0.29, 0.717) is 17.7 Å². The fraction of sp³-hybridized carbons (Fsp3) is 0.478. The molecule has 2 rings (SSSR count). The second kappa shape index (κ2) is 14.6. The van der Waals surface area contributed by atoms with Gasteiger partial charge in [-0.05, 0) is 36.6 Å². The first-order chi connectivity index (χ1) is 13.9. The average molecular weight is 459 g/mol. The van der Waals surface area contributed by atoms with Crippen molar-refractivity contribution in [3.63, 3.8) is 0 Å². The molecular formula is C23H31KO5S. The SMILES string of the molecule is CCCCCCCCCCCc1cc([O-])cc(Oc2ccccc2)c1S(=O)(=O)O.[K+]. The Morgan fingerprint density at radius 3 is 2.03 bits per heavy atom. The number of aryl methyl sites for hydroxylation is 1. The third-order valence-corrected chi connectivity index (χ3v) is 5.86. The minimum atomic E-state index is -4.53. The zero-order chi connectivity index (χ0) is 21.1. The van der Waals surface area contributed by atoms with E-state index in [0.717, 1.165) is 25.3 Å². The van der Waals surface area contributed by atoms with Crippen molar-refractivity contribution >= 4 is 10.1 Å². The maximum absolute atomic E-state index is 12.1. The maximum atomic E-state index is 12.1. The summed E-state index contributed by atoms with van der Waals surface area (Å²) in [7, 11) is -4.53. The molecule has 30 heavy (non-hydrogen) atoms. The van der Waals surface area contributed by atoms with Crippen LogP contribution in [-0.4, -0.2) is 13.0 Å². The van der Waals surface area contributed by atoms with Gasteiger partial charge in [0.2, 0.25) is 0 Å². The average Bonchev–Trinajstić information content (AvgIpc) is 2.66. The van der Waals surface area contributed by atoms with Crippen molar-refractivity contribution in [2.45, 2.75) is 76.0 Å². The summed E-state index contributed by atoms with van der Waals surface area (Å²) in [4.78, 5) is -0.305. The van der Waals surface area contributed by atoms with Gasteiger partial charge in [0.1, 0.15) is 16.4 Å². The smallest absolute Gasteiger partial charge is 0.872 e. The van der Waals surface area contributed by atoms with Crippen LogP contribution in [0.15, 0.2) is 47.4 Å². The Labute approximate surface area is 223 Å². The van der Waals surface area contributed by atoms with E-state index in [-0.39, 0.29) is 67.8 Å². The summed E-state index contributed by atoms with van der Waals surface area (Å²) in [5.74, 6) is -0.0663. The van der Waals surface area contributed by atoms with E-state index in [1.165, 1.54) is 44.6 Å². The van der Waals surface area contributed by atoms with Crippen molar-refractivity contribution in [3.8, 4) is 17.2 Å². The van der Waals surface area contributed by atoms with Crippen molar-refractivity contribution in [2.24, 2.45) is 0 Å². The van der Waals surface area contributed by atoms with Gasteiger partial charge in [-0.2, -0.15) is 8.42 Å². The Kier molecular flexibility index (Phi) is 13.5. The van der Waals surface area contributed by atoms with Crippen LogP contribution >= 0.6 is 0 Å². The van der Waals surface area contributed by atoms with Crippen LogP contribution in [0.25, 0.3) is 0 Å². The minimum absolute atomic E-state index is 0. The van der Waals surface area contributed by atoms with Crippen LogP contribution in [0.5, 0.6) is 17.2 Å². The summed E-state index contributed by atoms with van der Waals surface area (Å²) in [6.45, 7) is 2.20. The van der Waals surface area contributed by atoms with Crippen LogP contribution in [0, 0.1) is 0 Å². The van der Waals surface area contributed by atoms with Crippen molar-refractivity contribution < 1.29 is 74.2 Å². The van der Waals surface area contributed by atoms with Gasteiger partial charge in [-0.3, -0.25) is 4.55 Å². The Morgan fingerprint density at radius 2 is 1.47 bits per heavy atom. The van der Waals surface area contributed by atoms with Gasteiger partial charge in [-0.15, -0.1) is 5.75 Å². The largest absolute Gasteiger partial charge is 1.00 e. The van der Waals surface area contributed by atoms with E-state index in [9.17, 15) is 18.1 Å². The molecule has 0 aliphatic carbocycles. The van der Waals surface area contributed by atoms with Gasteiger partial charge < -0.3 is 9.84 Å². The van der Waals surface area contributed by atoms with E-state index < -0.39 is 10.1 Å². The molecule has 0 aromatic heterocycles. The molecule has 0 bridgehead atoms. The van der Waals surface area contributed by atoms with Crippen LogP contribution in [0.1, 0.15) is 70.3 Å². The third-order valence-electron chi connectivity index (χ3n) is 4.88. The summed E-state index contributed by atoms with van der Waals surface area (Å²) >= 11 is 0. The second-order valence-corrected chi connectivity index (χ2v) is 8.74. The van der Waals surface area contributed by atoms with Crippen molar-refractivity contribution in [3.05, 3.63) is 48.0 Å². The van der Waals surface area contributed by atoms with Crippen molar-refractivity contribution in [1.82, 2.24) is 0 Å². The monoisotopic (exact) mass is 458 g/mol. The molecule has 0 amide bonds. The molecule has 0 radical (unpaired) electrons. The molecule has 0 aliphatic rings. The number of ether oxygens (including phenoxy) is 1. The van der Waals surface area contributed by atoms with Gasteiger partial charge in [0.05, 0.1) is 0 Å². The Balaban J connectivity index is 0.00000450. The normalized spacial score (nSPS) is 11.1. The zero-order valence-electron chi connectivity index (χ0n) is 18.1. The van der Waals surface area contributed by atoms with E-state index >= 15 is 0 Å². The predicted molar refractivity (Wildman–Crippen MR) is 113 cm³/mol. The molecule has 160 valence electrons. The fourth-order valence-corrected chi connectivity index (χ4v) is 4.27. The quantitative estimate of drug-likeness (QED) is 0.283. The van der Waals surface area contributed by atoms with Crippen LogP contribution in [0.4, 0.5) is 0 Å². The summed E-state index contributed by atoms with van der Waals surface area (Å²) in [5, 5.41) is 12.1. The summed E-state index contributed by atoms with van der Waals surface area (Å²) < 4.78 is 39.4. The number of hydrogen-bond donors (Lipinski definition) is 1. The van der Waals surface area contributed by atoms with Crippen LogP contribution in [0.3, 0.4) is 0 Å². The van der Waals surface area contributed by atoms with Crippen LogP contribution < -0.4 is 61.2 Å². The number of rotatable bonds is 13. The predicted octanol–water partition coefficient (Wildman–Crippen LogP) is 2.88. The third kappa shape index (κ3) is 9.81. The number of hydrogen-bond acceptors (Lipinski definition) is 4. The van der Waals surface area contributed by atoms with Gasteiger partial charge in [0.15, 0.2) is 0 Å². The Morgan fingerprint density at radius 1 is 0.900 bits per heavy atom. The molecule has 2 aromatic carbocycles. The van der Waals surface area contributed by atoms with Crippen LogP contribution in [-0.2, 0) is 16.5 Å². The summed E-state index contributed by atoms with van der Waals surface area (Å²) in [6, 6.07) is 11.0. The molecule has 0 atom stereocenters. The van der Waals surface area contributed by atoms with Crippen molar-refractivity contribution in [1.29, 1.82) is 0 Å². The Bertz CT molecular complexity index is 853.